The summed E-state index contributed by atoms with van der Waals surface area (Å²) in [6.45, 7) is 2.61. The van der Waals surface area contributed by atoms with Crippen LogP contribution in [0.4, 0.5) is 5.69 Å². The van der Waals surface area contributed by atoms with Crippen LogP contribution in [-0.4, -0.2) is 18.6 Å². The molecule has 0 aliphatic heterocycles. The topological polar surface area (TPSA) is 78.4 Å². The lowest BCUT2D eigenvalue weighted by molar-refractivity contribution is -0.384. The summed E-state index contributed by atoms with van der Waals surface area (Å²) < 4.78 is 5.36. The second kappa shape index (κ2) is 7.74. The zero-order valence-corrected chi connectivity index (χ0v) is 13.5. The predicted octanol–water partition coefficient (Wildman–Crippen LogP) is 3.45. The Morgan fingerprint density at radius 1 is 1.22 bits per heavy atom. The number of nitro benzene ring substituents is 1. The molecule has 2 aromatic rings. The zero-order chi connectivity index (χ0) is 16.8. The Labute approximate surface area is 136 Å². The molecule has 0 radical (unpaired) electrons. The van der Waals surface area contributed by atoms with Gasteiger partial charge in [0.15, 0.2) is 0 Å². The standard InChI is InChI=1S/C18H22N2O3/c1-3-14-11-15(6-9-18(14)23-2)16(12-19)10-13-4-7-17(8-5-13)20(21)22/h4-9,11,16H,3,10,12,19H2,1-2H3. The second-order valence-corrected chi connectivity index (χ2v) is 5.49. The van der Waals surface area contributed by atoms with E-state index in [2.05, 4.69) is 13.0 Å². The van der Waals surface area contributed by atoms with Crippen molar-refractivity contribution in [1.29, 1.82) is 0 Å². The van der Waals surface area contributed by atoms with Crippen LogP contribution in [0.25, 0.3) is 0 Å². The van der Waals surface area contributed by atoms with Gasteiger partial charge in [-0.3, -0.25) is 10.1 Å². The van der Waals surface area contributed by atoms with E-state index in [4.69, 9.17) is 10.5 Å². The first kappa shape index (κ1) is 17.0. The molecule has 0 spiro atoms. The zero-order valence-electron chi connectivity index (χ0n) is 13.5. The van der Waals surface area contributed by atoms with E-state index in [-0.39, 0.29) is 16.5 Å². The molecule has 0 heterocycles. The fraction of sp³-hybridized carbons (Fsp3) is 0.333. The van der Waals surface area contributed by atoms with E-state index in [1.165, 1.54) is 17.7 Å². The Morgan fingerprint density at radius 3 is 2.43 bits per heavy atom. The molecule has 5 heteroatoms. The number of nitrogens with two attached hydrogens (primary N) is 1. The first-order chi connectivity index (χ1) is 11.1. The van der Waals surface area contributed by atoms with Gasteiger partial charge in [0.05, 0.1) is 12.0 Å². The summed E-state index contributed by atoms with van der Waals surface area (Å²) in [5.74, 6) is 1.06. The van der Waals surface area contributed by atoms with Crippen LogP contribution in [0.15, 0.2) is 42.5 Å². The SMILES string of the molecule is CCc1cc(C(CN)Cc2ccc([N+](=O)[O-])cc2)ccc1OC. The van der Waals surface area contributed by atoms with E-state index < -0.39 is 0 Å². The molecule has 0 fully saturated rings. The Morgan fingerprint density at radius 2 is 1.91 bits per heavy atom. The molecule has 122 valence electrons. The highest BCUT2D eigenvalue weighted by Crippen LogP contribution is 2.27. The molecule has 0 aliphatic rings. The van der Waals surface area contributed by atoms with Crippen molar-refractivity contribution in [3.8, 4) is 5.75 Å². The molecule has 0 saturated carbocycles. The summed E-state index contributed by atoms with van der Waals surface area (Å²) in [6.07, 6.45) is 1.65. The first-order valence-corrected chi connectivity index (χ1v) is 7.69. The highest BCUT2D eigenvalue weighted by Gasteiger charge is 2.14. The number of hydrogen-bond acceptors (Lipinski definition) is 4. The molecule has 0 aromatic heterocycles. The lowest BCUT2D eigenvalue weighted by Crippen LogP contribution is -2.15. The van der Waals surface area contributed by atoms with Crippen molar-refractivity contribution in [3.05, 3.63) is 69.3 Å². The van der Waals surface area contributed by atoms with Gasteiger partial charge >= 0.3 is 0 Å². The third-order valence-electron chi connectivity index (χ3n) is 4.07. The Kier molecular flexibility index (Phi) is 5.71. The van der Waals surface area contributed by atoms with Crippen LogP contribution in [0.2, 0.25) is 0 Å². The van der Waals surface area contributed by atoms with Crippen molar-refractivity contribution in [1.82, 2.24) is 0 Å². The van der Waals surface area contributed by atoms with Crippen LogP contribution in [-0.2, 0) is 12.8 Å². The van der Waals surface area contributed by atoms with Gasteiger partial charge in [0, 0.05) is 18.1 Å². The van der Waals surface area contributed by atoms with E-state index >= 15 is 0 Å². The fourth-order valence-electron chi connectivity index (χ4n) is 2.70. The van der Waals surface area contributed by atoms with Gasteiger partial charge in [0.2, 0.25) is 0 Å². The van der Waals surface area contributed by atoms with Gasteiger partial charge in [0.1, 0.15) is 5.75 Å². The maximum Gasteiger partial charge on any atom is 0.269 e. The Hall–Kier alpha value is -2.40. The molecule has 5 nitrogen and oxygen atoms in total. The van der Waals surface area contributed by atoms with Gasteiger partial charge < -0.3 is 10.5 Å². The predicted molar refractivity (Wildman–Crippen MR) is 91.0 cm³/mol. The van der Waals surface area contributed by atoms with E-state index in [1.807, 2.05) is 12.1 Å². The molecule has 0 amide bonds. The molecule has 0 aliphatic carbocycles. The van der Waals surface area contributed by atoms with Crippen molar-refractivity contribution in [3.63, 3.8) is 0 Å². The third-order valence-corrected chi connectivity index (χ3v) is 4.07. The number of nitro groups is 1. The quantitative estimate of drug-likeness (QED) is 0.627. The van der Waals surface area contributed by atoms with Gasteiger partial charge in [-0.2, -0.15) is 0 Å². The van der Waals surface area contributed by atoms with Crippen molar-refractivity contribution < 1.29 is 9.66 Å². The summed E-state index contributed by atoms with van der Waals surface area (Å²) >= 11 is 0. The highest BCUT2D eigenvalue weighted by atomic mass is 16.6. The van der Waals surface area contributed by atoms with Crippen molar-refractivity contribution in [2.45, 2.75) is 25.7 Å². The number of hydrogen-bond donors (Lipinski definition) is 1. The van der Waals surface area contributed by atoms with E-state index in [1.54, 1.807) is 19.2 Å². The van der Waals surface area contributed by atoms with Gasteiger partial charge in [-0.05, 0) is 42.1 Å². The lowest BCUT2D eigenvalue weighted by atomic mass is 9.90. The van der Waals surface area contributed by atoms with E-state index in [0.717, 1.165) is 29.7 Å². The molecule has 0 saturated heterocycles. The van der Waals surface area contributed by atoms with E-state index in [0.29, 0.717) is 6.54 Å². The van der Waals surface area contributed by atoms with Crippen molar-refractivity contribution in [2.24, 2.45) is 5.73 Å². The van der Waals surface area contributed by atoms with Crippen LogP contribution in [0.1, 0.15) is 29.5 Å². The minimum atomic E-state index is -0.388. The van der Waals surface area contributed by atoms with Crippen LogP contribution in [0.3, 0.4) is 0 Å². The maximum atomic E-state index is 10.7. The monoisotopic (exact) mass is 314 g/mol. The Bertz CT molecular complexity index is 668. The van der Waals surface area contributed by atoms with Gasteiger partial charge in [0.25, 0.3) is 5.69 Å². The van der Waals surface area contributed by atoms with E-state index in [9.17, 15) is 10.1 Å². The molecule has 1 atom stereocenters. The van der Waals surface area contributed by atoms with Gasteiger partial charge in [-0.15, -0.1) is 0 Å². The number of aryl methyl sites for hydroxylation is 1. The molecule has 2 rings (SSSR count). The number of ether oxygens (including phenoxy) is 1. The summed E-state index contributed by atoms with van der Waals surface area (Å²) in [7, 11) is 1.67. The minimum absolute atomic E-state index is 0.107. The molecular weight excluding hydrogens is 292 g/mol. The molecule has 2 aromatic carbocycles. The summed E-state index contributed by atoms with van der Waals surface area (Å²) in [5, 5.41) is 10.7. The number of benzene rings is 2. The summed E-state index contributed by atoms with van der Waals surface area (Å²) in [5.41, 5.74) is 9.43. The highest BCUT2D eigenvalue weighted by molar-refractivity contribution is 5.40. The minimum Gasteiger partial charge on any atom is -0.496 e. The van der Waals surface area contributed by atoms with Gasteiger partial charge in [-0.1, -0.05) is 31.2 Å². The van der Waals surface area contributed by atoms with Crippen LogP contribution in [0, 0.1) is 10.1 Å². The largest absolute Gasteiger partial charge is 0.496 e. The molecule has 23 heavy (non-hydrogen) atoms. The van der Waals surface area contributed by atoms with Crippen molar-refractivity contribution in [2.75, 3.05) is 13.7 Å². The average molecular weight is 314 g/mol. The lowest BCUT2D eigenvalue weighted by Gasteiger charge is -2.17. The Balaban J connectivity index is 2.21. The van der Waals surface area contributed by atoms with Crippen LogP contribution < -0.4 is 10.5 Å². The smallest absolute Gasteiger partial charge is 0.269 e. The first-order valence-electron chi connectivity index (χ1n) is 7.69. The molecule has 2 N–H and O–H groups in total. The maximum absolute atomic E-state index is 10.7. The summed E-state index contributed by atoms with van der Waals surface area (Å²) in [6, 6.07) is 12.8. The molecule has 0 bridgehead atoms. The van der Waals surface area contributed by atoms with Crippen LogP contribution >= 0.6 is 0 Å². The molecular formula is C18H22N2O3. The number of nitrogens with zero attached hydrogens (tertiary/aromatic N) is 1. The van der Waals surface area contributed by atoms with Crippen molar-refractivity contribution >= 4 is 5.69 Å². The molecule has 1 unspecified atom stereocenters. The number of rotatable bonds is 7. The third kappa shape index (κ3) is 4.07. The van der Waals surface area contributed by atoms with Gasteiger partial charge in [-0.25, -0.2) is 0 Å². The normalized spacial score (nSPS) is 12.0. The van der Waals surface area contributed by atoms with Crippen LogP contribution in [0.5, 0.6) is 5.75 Å². The number of methoxy groups -OCH3 is 1. The summed E-state index contributed by atoms with van der Waals surface area (Å²) in [4.78, 5) is 10.3. The number of non-ortho nitro benzene ring substituents is 1. The second-order valence-electron chi connectivity index (χ2n) is 5.49. The average Bonchev–Trinajstić information content (AvgIpc) is 2.59. The fourth-order valence-corrected chi connectivity index (χ4v) is 2.70.